The van der Waals surface area contributed by atoms with Crippen molar-refractivity contribution in [3.63, 3.8) is 0 Å². The van der Waals surface area contributed by atoms with Gasteiger partial charge in [-0.15, -0.1) is 0 Å². The van der Waals surface area contributed by atoms with Crippen molar-refractivity contribution >= 4 is 6.09 Å². The molecule has 14 heavy (non-hydrogen) atoms. The largest absolute Gasteiger partial charge is 0.449 e. The summed E-state index contributed by atoms with van der Waals surface area (Å²) in [5.41, 5.74) is 0.779. The van der Waals surface area contributed by atoms with Crippen LogP contribution >= 0.6 is 0 Å². The molecule has 1 aromatic carbocycles. The predicted molar refractivity (Wildman–Crippen MR) is 48.2 cm³/mol. The molecule has 1 heterocycles. The molecule has 0 aliphatic carbocycles. The summed E-state index contributed by atoms with van der Waals surface area (Å²) in [6, 6.07) is 6.10. The summed E-state index contributed by atoms with van der Waals surface area (Å²) in [5, 5.41) is 2.63. The van der Waals surface area contributed by atoms with Crippen LogP contribution in [0, 0.1) is 5.82 Å². The van der Waals surface area contributed by atoms with Gasteiger partial charge in [-0.1, -0.05) is 12.1 Å². The number of amides is 1. The van der Waals surface area contributed by atoms with Crippen LogP contribution in [0.2, 0.25) is 0 Å². The van der Waals surface area contributed by atoms with Gasteiger partial charge in [0, 0.05) is 6.42 Å². The fourth-order valence-corrected chi connectivity index (χ4v) is 1.50. The van der Waals surface area contributed by atoms with Crippen molar-refractivity contribution in [2.75, 3.05) is 6.61 Å². The fraction of sp³-hybridized carbons (Fsp3) is 0.300. The second-order valence-corrected chi connectivity index (χ2v) is 3.18. The average Bonchev–Trinajstić information content (AvgIpc) is 2.18. The number of cyclic esters (lactones) is 1. The highest BCUT2D eigenvalue weighted by atomic mass is 19.1. The summed E-state index contributed by atoms with van der Waals surface area (Å²) in [7, 11) is 0. The molecule has 0 aromatic heterocycles. The monoisotopic (exact) mass is 195 g/mol. The highest BCUT2D eigenvalue weighted by Gasteiger charge is 2.20. The third-order valence-corrected chi connectivity index (χ3v) is 2.18. The van der Waals surface area contributed by atoms with Crippen LogP contribution in [0.5, 0.6) is 0 Å². The molecule has 1 aliphatic rings. The summed E-state index contributed by atoms with van der Waals surface area (Å²) in [6.07, 6.45) is 0.236. The van der Waals surface area contributed by atoms with E-state index in [2.05, 4.69) is 5.32 Å². The molecule has 1 amide bonds. The van der Waals surface area contributed by atoms with E-state index in [0.717, 1.165) is 5.56 Å². The molecule has 0 unspecified atom stereocenters. The Morgan fingerprint density at radius 1 is 1.50 bits per heavy atom. The molecule has 0 radical (unpaired) electrons. The van der Waals surface area contributed by atoms with E-state index in [0.29, 0.717) is 13.0 Å². The fourth-order valence-electron chi connectivity index (χ4n) is 1.50. The molecule has 1 aromatic rings. The molecule has 0 saturated carbocycles. The van der Waals surface area contributed by atoms with E-state index in [9.17, 15) is 9.18 Å². The van der Waals surface area contributed by atoms with Crippen LogP contribution in [0.4, 0.5) is 9.18 Å². The summed E-state index contributed by atoms with van der Waals surface area (Å²) >= 11 is 0. The Bertz CT molecular complexity index is 354. The van der Waals surface area contributed by atoms with E-state index in [-0.39, 0.29) is 11.9 Å². The summed E-state index contributed by atoms with van der Waals surface area (Å²) in [6.45, 7) is 0.382. The molecule has 0 spiro atoms. The number of halogens is 1. The zero-order chi connectivity index (χ0) is 9.97. The third kappa shape index (κ3) is 1.84. The molecule has 1 aliphatic heterocycles. The normalized spacial score (nSPS) is 21.2. The molecule has 1 atom stereocenters. The number of hydrogen-bond donors (Lipinski definition) is 1. The van der Waals surface area contributed by atoms with Gasteiger partial charge in [0.15, 0.2) is 0 Å². The Hall–Kier alpha value is -1.58. The smallest absolute Gasteiger partial charge is 0.407 e. The van der Waals surface area contributed by atoms with Gasteiger partial charge in [-0.25, -0.2) is 9.18 Å². The molecular formula is C10H10FNO2. The van der Waals surface area contributed by atoms with Gasteiger partial charge >= 0.3 is 6.09 Å². The Kier molecular flexibility index (Phi) is 2.35. The lowest BCUT2D eigenvalue weighted by Gasteiger charge is -2.23. The lowest BCUT2D eigenvalue weighted by molar-refractivity contribution is 0.115. The average molecular weight is 195 g/mol. The van der Waals surface area contributed by atoms with Crippen molar-refractivity contribution in [2.45, 2.75) is 12.5 Å². The summed E-state index contributed by atoms with van der Waals surface area (Å²) in [4.78, 5) is 10.9. The van der Waals surface area contributed by atoms with E-state index in [4.69, 9.17) is 4.74 Å². The van der Waals surface area contributed by atoms with Crippen LogP contribution in [0.1, 0.15) is 18.0 Å². The lowest BCUT2D eigenvalue weighted by atomic mass is 10.0. The quantitative estimate of drug-likeness (QED) is 0.744. The second kappa shape index (κ2) is 3.65. The molecule has 1 fully saturated rings. The van der Waals surface area contributed by atoms with Gasteiger partial charge in [-0.3, -0.25) is 0 Å². The van der Waals surface area contributed by atoms with Crippen LogP contribution in [-0.4, -0.2) is 12.7 Å². The highest BCUT2D eigenvalue weighted by Crippen LogP contribution is 2.20. The van der Waals surface area contributed by atoms with Crippen molar-refractivity contribution in [1.29, 1.82) is 0 Å². The van der Waals surface area contributed by atoms with E-state index >= 15 is 0 Å². The molecule has 4 heteroatoms. The number of alkyl carbamates (subject to hydrolysis) is 1. The number of carbonyl (C=O) groups excluding carboxylic acids is 1. The molecular weight excluding hydrogens is 185 g/mol. The minimum absolute atomic E-state index is 0.132. The Labute approximate surface area is 80.9 Å². The molecule has 74 valence electrons. The first-order valence-electron chi connectivity index (χ1n) is 4.44. The lowest BCUT2D eigenvalue weighted by Crippen LogP contribution is -2.35. The maximum Gasteiger partial charge on any atom is 0.407 e. The van der Waals surface area contributed by atoms with E-state index < -0.39 is 6.09 Å². The van der Waals surface area contributed by atoms with Gasteiger partial charge in [0.05, 0.1) is 12.6 Å². The summed E-state index contributed by atoms with van der Waals surface area (Å²) < 4.78 is 17.6. The standard InChI is InChI=1S/C10H10FNO2/c11-8-3-1-2-7(6-8)9-4-5-14-10(13)12-9/h1-3,6,9H,4-5H2,(H,12,13)/t9-/m1/s1. The van der Waals surface area contributed by atoms with Gasteiger partial charge in [-0.05, 0) is 17.7 Å². The summed E-state index contributed by atoms with van der Waals surface area (Å²) in [5.74, 6) is -0.289. The number of rotatable bonds is 1. The van der Waals surface area contributed by atoms with Crippen molar-refractivity contribution in [2.24, 2.45) is 0 Å². The maximum atomic E-state index is 12.9. The Balaban J connectivity index is 2.17. The number of nitrogens with one attached hydrogen (secondary N) is 1. The molecule has 1 saturated heterocycles. The molecule has 3 nitrogen and oxygen atoms in total. The van der Waals surface area contributed by atoms with Crippen LogP contribution < -0.4 is 5.32 Å². The number of ether oxygens (including phenoxy) is 1. The Morgan fingerprint density at radius 3 is 3.07 bits per heavy atom. The SMILES string of the molecule is O=C1N[C@@H](c2cccc(F)c2)CCO1. The van der Waals surface area contributed by atoms with Gasteiger partial charge in [0.1, 0.15) is 5.82 Å². The first-order valence-corrected chi connectivity index (χ1v) is 4.44. The highest BCUT2D eigenvalue weighted by molar-refractivity contribution is 5.68. The van der Waals surface area contributed by atoms with Gasteiger partial charge in [0.2, 0.25) is 0 Å². The maximum absolute atomic E-state index is 12.9. The van der Waals surface area contributed by atoms with Crippen LogP contribution in [0.25, 0.3) is 0 Å². The predicted octanol–water partition coefficient (Wildman–Crippen LogP) is 2.00. The molecule has 1 N–H and O–H groups in total. The second-order valence-electron chi connectivity index (χ2n) is 3.18. The first kappa shape index (κ1) is 8.99. The minimum Gasteiger partial charge on any atom is -0.449 e. The van der Waals surface area contributed by atoms with Crippen molar-refractivity contribution in [3.05, 3.63) is 35.6 Å². The van der Waals surface area contributed by atoms with Gasteiger partial charge < -0.3 is 10.1 Å². The van der Waals surface area contributed by atoms with E-state index in [1.807, 2.05) is 0 Å². The first-order chi connectivity index (χ1) is 6.75. The molecule has 0 bridgehead atoms. The van der Waals surface area contributed by atoms with Crippen LogP contribution in [-0.2, 0) is 4.74 Å². The number of benzene rings is 1. The van der Waals surface area contributed by atoms with E-state index in [1.54, 1.807) is 12.1 Å². The topological polar surface area (TPSA) is 38.3 Å². The molecule has 2 rings (SSSR count). The minimum atomic E-state index is -0.439. The number of hydrogen-bond acceptors (Lipinski definition) is 2. The Morgan fingerprint density at radius 2 is 2.36 bits per heavy atom. The number of carbonyl (C=O) groups is 1. The van der Waals surface area contributed by atoms with Crippen molar-refractivity contribution in [3.8, 4) is 0 Å². The van der Waals surface area contributed by atoms with Crippen LogP contribution in [0.15, 0.2) is 24.3 Å². The third-order valence-electron chi connectivity index (χ3n) is 2.18. The van der Waals surface area contributed by atoms with Crippen LogP contribution in [0.3, 0.4) is 0 Å². The zero-order valence-electron chi connectivity index (χ0n) is 7.50. The van der Waals surface area contributed by atoms with E-state index in [1.165, 1.54) is 12.1 Å². The van der Waals surface area contributed by atoms with Gasteiger partial charge in [-0.2, -0.15) is 0 Å². The van der Waals surface area contributed by atoms with Crippen molar-refractivity contribution < 1.29 is 13.9 Å². The zero-order valence-corrected chi connectivity index (χ0v) is 7.50. The van der Waals surface area contributed by atoms with Crippen molar-refractivity contribution in [1.82, 2.24) is 5.32 Å². The van der Waals surface area contributed by atoms with Gasteiger partial charge in [0.25, 0.3) is 0 Å².